The number of rotatable bonds is 9. The SMILES string of the molecule is CCOc1ccc(S(=O)(=O)N[C@@H](Cc2ccccc2)C(=O)Nc2cc(F)ccc2F)cc1Cl. The van der Waals surface area contributed by atoms with Gasteiger partial charge in [0.2, 0.25) is 15.9 Å². The largest absolute Gasteiger partial charge is 0.492 e. The Balaban J connectivity index is 1.89. The van der Waals surface area contributed by atoms with Gasteiger partial charge in [-0.1, -0.05) is 41.9 Å². The first-order valence-corrected chi connectivity index (χ1v) is 11.8. The summed E-state index contributed by atoms with van der Waals surface area (Å²) in [7, 11) is -4.21. The molecule has 3 aromatic rings. The summed E-state index contributed by atoms with van der Waals surface area (Å²) < 4.78 is 61.2. The van der Waals surface area contributed by atoms with Gasteiger partial charge >= 0.3 is 0 Å². The van der Waals surface area contributed by atoms with Crippen LogP contribution >= 0.6 is 11.6 Å². The van der Waals surface area contributed by atoms with Gasteiger partial charge in [0.05, 0.1) is 22.2 Å². The molecule has 1 atom stereocenters. The molecule has 33 heavy (non-hydrogen) atoms. The Morgan fingerprint density at radius 3 is 2.45 bits per heavy atom. The number of sulfonamides is 1. The average molecular weight is 495 g/mol. The fraction of sp³-hybridized carbons (Fsp3) is 0.174. The van der Waals surface area contributed by atoms with Gasteiger partial charge in [-0.3, -0.25) is 4.79 Å². The van der Waals surface area contributed by atoms with Crippen molar-refractivity contribution in [3.05, 3.63) is 89.0 Å². The van der Waals surface area contributed by atoms with E-state index < -0.39 is 39.3 Å². The maximum atomic E-state index is 14.0. The molecule has 1 amide bonds. The highest BCUT2D eigenvalue weighted by Crippen LogP contribution is 2.27. The fourth-order valence-electron chi connectivity index (χ4n) is 3.03. The highest BCUT2D eigenvalue weighted by atomic mass is 35.5. The normalized spacial score (nSPS) is 12.2. The van der Waals surface area contributed by atoms with Crippen molar-refractivity contribution in [2.75, 3.05) is 11.9 Å². The lowest BCUT2D eigenvalue weighted by molar-refractivity contribution is -0.117. The summed E-state index contributed by atoms with van der Waals surface area (Å²) >= 11 is 6.11. The molecule has 0 radical (unpaired) electrons. The molecule has 0 saturated carbocycles. The second kappa shape index (κ2) is 10.7. The second-order valence-electron chi connectivity index (χ2n) is 7.00. The third-order valence-electron chi connectivity index (χ3n) is 4.60. The van der Waals surface area contributed by atoms with Gasteiger partial charge in [-0.25, -0.2) is 17.2 Å². The van der Waals surface area contributed by atoms with Crippen molar-refractivity contribution in [1.82, 2.24) is 4.72 Å². The molecule has 174 valence electrons. The van der Waals surface area contributed by atoms with Crippen molar-refractivity contribution >= 4 is 33.2 Å². The Kier molecular flexibility index (Phi) is 8.01. The molecule has 0 aliphatic heterocycles. The number of anilines is 1. The first-order chi connectivity index (χ1) is 15.7. The van der Waals surface area contributed by atoms with E-state index in [1.165, 1.54) is 18.2 Å². The first-order valence-electron chi connectivity index (χ1n) is 9.94. The summed E-state index contributed by atoms with van der Waals surface area (Å²) in [5.74, 6) is -2.15. The number of halogens is 3. The van der Waals surface area contributed by atoms with E-state index in [0.717, 1.165) is 18.2 Å². The summed E-state index contributed by atoms with van der Waals surface area (Å²) in [6, 6.07) is 13.8. The highest BCUT2D eigenvalue weighted by molar-refractivity contribution is 7.89. The zero-order valence-electron chi connectivity index (χ0n) is 17.5. The summed E-state index contributed by atoms with van der Waals surface area (Å²) in [6.45, 7) is 2.11. The van der Waals surface area contributed by atoms with Gasteiger partial charge in [0.15, 0.2) is 0 Å². The molecule has 3 rings (SSSR count). The molecule has 0 spiro atoms. The van der Waals surface area contributed by atoms with Gasteiger partial charge in [0, 0.05) is 6.07 Å². The minimum atomic E-state index is -4.21. The van der Waals surface area contributed by atoms with Crippen LogP contribution in [-0.4, -0.2) is 27.0 Å². The molecule has 0 bridgehead atoms. The molecular formula is C23H21ClF2N2O4S. The molecule has 0 unspecified atom stereocenters. The monoisotopic (exact) mass is 494 g/mol. The Hall–Kier alpha value is -3.01. The number of carbonyl (C=O) groups is 1. The van der Waals surface area contributed by atoms with E-state index in [4.69, 9.17) is 16.3 Å². The number of hydrogen-bond donors (Lipinski definition) is 2. The van der Waals surface area contributed by atoms with Crippen LogP contribution in [0.15, 0.2) is 71.6 Å². The van der Waals surface area contributed by atoms with Gasteiger partial charge in [0.25, 0.3) is 0 Å². The van der Waals surface area contributed by atoms with Crippen molar-refractivity contribution < 1.29 is 26.7 Å². The van der Waals surface area contributed by atoms with E-state index in [0.29, 0.717) is 17.9 Å². The van der Waals surface area contributed by atoms with Crippen LogP contribution in [0.4, 0.5) is 14.5 Å². The van der Waals surface area contributed by atoms with Gasteiger partial charge < -0.3 is 10.1 Å². The van der Waals surface area contributed by atoms with Crippen LogP contribution in [0.5, 0.6) is 5.75 Å². The van der Waals surface area contributed by atoms with Crippen molar-refractivity contribution in [2.45, 2.75) is 24.3 Å². The summed E-state index contributed by atoms with van der Waals surface area (Å²) in [4.78, 5) is 12.7. The number of carbonyl (C=O) groups excluding carboxylic acids is 1. The van der Waals surface area contributed by atoms with E-state index in [1.54, 1.807) is 37.3 Å². The van der Waals surface area contributed by atoms with Gasteiger partial charge in [-0.15, -0.1) is 0 Å². The van der Waals surface area contributed by atoms with E-state index in [9.17, 15) is 22.0 Å². The van der Waals surface area contributed by atoms with Crippen LogP contribution < -0.4 is 14.8 Å². The van der Waals surface area contributed by atoms with Crippen molar-refractivity contribution in [3.63, 3.8) is 0 Å². The molecule has 3 aromatic carbocycles. The molecule has 0 aromatic heterocycles. The number of benzene rings is 3. The van der Waals surface area contributed by atoms with Crippen LogP contribution in [0.1, 0.15) is 12.5 Å². The Morgan fingerprint density at radius 2 is 1.79 bits per heavy atom. The Labute approximate surface area is 195 Å². The van der Waals surface area contributed by atoms with E-state index in [2.05, 4.69) is 10.0 Å². The van der Waals surface area contributed by atoms with Crippen LogP contribution in [0.3, 0.4) is 0 Å². The molecule has 0 aliphatic carbocycles. The molecule has 0 saturated heterocycles. The molecule has 2 N–H and O–H groups in total. The predicted octanol–water partition coefficient (Wildman–Crippen LogP) is 4.55. The zero-order valence-corrected chi connectivity index (χ0v) is 19.1. The van der Waals surface area contributed by atoms with Crippen molar-refractivity contribution in [2.24, 2.45) is 0 Å². The quantitative estimate of drug-likeness (QED) is 0.457. The van der Waals surface area contributed by atoms with Crippen molar-refractivity contribution in [3.8, 4) is 5.75 Å². The molecule has 6 nitrogen and oxygen atoms in total. The smallest absolute Gasteiger partial charge is 0.242 e. The lowest BCUT2D eigenvalue weighted by atomic mass is 10.1. The first kappa shape index (κ1) is 24.6. The predicted molar refractivity (Wildman–Crippen MR) is 122 cm³/mol. The van der Waals surface area contributed by atoms with E-state index in [1.807, 2.05) is 0 Å². The Bertz CT molecular complexity index is 1240. The minimum Gasteiger partial charge on any atom is -0.492 e. The second-order valence-corrected chi connectivity index (χ2v) is 9.12. The van der Waals surface area contributed by atoms with Crippen LogP contribution in [0, 0.1) is 11.6 Å². The fourth-order valence-corrected chi connectivity index (χ4v) is 4.55. The summed E-state index contributed by atoms with van der Waals surface area (Å²) in [5, 5.41) is 2.34. The third-order valence-corrected chi connectivity index (χ3v) is 6.36. The number of nitrogens with one attached hydrogen (secondary N) is 2. The highest BCUT2D eigenvalue weighted by Gasteiger charge is 2.27. The minimum absolute atomic E-state index is 0.0341. The summed E-state index contributed by atoms with van der Waals surface area (Å²) in [6.07, 6.45) is -0.0341. The third kappa shape index (κ3) is 6.50. The number of ether oxygens (including phenoxy) is 1. The van der Waals surface area contributed by atoms with Crippen LogP contribution in [0.2, 0.25) is 5.02 Å². The number of hydrogen-bond acceptors (Lipinski definition) is 4. The van der Waals surface area contributed by atoms with E-state index >= 15 is 0 Å². The lowest BCUT2D eigenvalue weighted by Gasteiger charge is -2.19. The Morgan fingerprint density at radius 1 is 1.06 bits per heavy atom. The van der Waals surface area contributed by atoms with E-state index in [-0.39, 0.29) is 16.3 Å². The standard InChI is InChI=1S/C23H21ClF2N2O4S/c1-2-32-22-11-9-17(14-18(22)24)33(30,31)28-21(12-15-6-4-3-5-7-15)23(29)27-20-13-16(25)8-10-19(20)26/h3-11,13-14,21,28H,2,12H2,1H3,(H,27,29)/t21-/m0/s1. The zero-order chi connectivity index (χ0) is 24.0. The molecule has 10 heteroatoms. The molecule has 0 fully saturated rings. The lowest BCUT2D eigenvalue weighted by Crippen LogP contribution is -2.45. The molecular weight excluding hydrogens is 474 g/mol. The molecule has 0 heterocycles. The van der Waals surface area contributed by atoms with Crippen LogP contribution in [0.25, 0.3) is 0 Å². The maximum Gasteiger partial charge on any atom is 0.242 e. The van der Waals surface area contributed by atoms with Gasteiger partial charge in [0.1, 0.15) is 23.4 Å². The van der Waals surface area contributed by atoms with Gasteiger partial charge in [-0.2, -0.15) is 4.72 Å². The topological polar surface area (TPSA) is 84.5 Å². The van der Waals surface area contributed by atoms with Crippen LogP contribution in [-0.2, 0) is 21.2 Å². The summed E-state index contributed by atoms with van der Waals surface area (Å²) in [5.41, 5.74) is 0.256. The average Bonchev–Trinajstić information content (AvgIpc) is 2.78. The van der Waals surface area contributed by atoms with Crippen molar-refractivity contribution in [1.29, 1.82) is 0 Å². The van der Waals surface area contributed by atoms with Gasteiger partial charge in [-0.05, 0) is 49.2 Å². The number of amides is 1. The molecule has 0 aliphatic rings. The maximum absolute atomic E-state index is 14.0.